The Balaban J connectivity index is 0.00000304. The van der Waals surface area contributed by atoms with Gasteiger partial charge in [-0.05, 0) is 66.7 Å². The Bertz CT molecular complexity index is 1350. The van der Waals surface area contributed by atoms with E-state index in [1.54, 1.807) is 23.5 Å². The molecule has 0 unspecified atom stereocenters. The molecule has 5 aromatic rings. The Morgan fingerprint density at radius 3 is 1.53 bits per heavy atom. The second-order valence-electron chi connectivity index (χ2n) is 8.05. The number of rotatable bonds is 8. The summed E-state index contributed by atoms with van der Waals surface area (Å²) in [6.45, 7) is 0. The highest BCUT2D eigenvalue weighted by Gasteiger charge is 2.45. The van der Waals surface area contributed by atoms with E-state index < -0.39 is 7.26 Å². The Labute approximate surface area is 230 Å². The Morgan fingerprint density at radius 1 is 0.639 bits per heavy atom. The number of nitrogens with zero attached hydrogens (tertiary/aromatic N) is 1. The maximum atomic E-state index is 11.0. The van der Waals surface area contributed by atoms with E-state index in [1.165, 1.54) is 32.1 Å². The van der Waals surface area contributed by atoms with Crippen LogP contribution >= 0.6 is 29.9 Å². The maximum Gasteiger partial charge on any atom is 0.324 e. The first-order valence-electron chi connectivity index (χ1n) is 11.2. The monoisotopic (exact) mass is 591 g/mol. The quantitative estimate of drug-likeness (QED) is 0.153. The van der Waals surface area contributed by atoms with Gasteiger partial charge in [0.05, 0.1) is 4.92 Å². The van der Waals surface area contributed by atoms with E-state index >= 15 is 0 Å². The van der Waals surface area contributed by atoms with Crippen LogP contribution in [0.25, 0.3) is 12.2 Å². The van der Waals surface area contributed by atoms with Gasteiger partial charge in [-0.2, -0.15) is 0 Å². The van der Waals surface area contributed by atoms with E-state index in [2.05, 4.69) is 109 Å². The molecular weight excluding hydrogens is 569 g/mol. The summed E-state index contributed by atoms with van der Waals surface area (Å²) in [6.07, 6.45) is 4.95. The van der Waals surface area contributed by atoms with Gasteiger partial charge in [-0.15, -0.1) is 11.3 Å². The minimum atomic E-state index is -1.93. The molecule has 0 N–H and O–H groups in total. The molecule has 7 heteroatoms. The molecule has 2 aromatic heterocycles. The van der Waals surface area contributed by atoms with E-state index in [0.29, 0.717) is 0 Å². The van der Waals surface area contributed by atoms with Crippen molar-refractivity contribution >= 4 is 63.0 Å². The van der Waals surface area contributed by atoms with Crippen molar-refractivity contribution in [1.82, 2.24) is 0 Å². The van der Waals surface area contributed by atoms with Gasteiger partial charge in [0.2, 0.25) is 0 Å². The second-order valence-corrected chi connectivity index (χ2v) is 13.8. The molecule has 2 heterocycles. The van der Waals surface area contributed by atoms with Crippen molar-refractivity contribution in [2.75, 3.05) is 0 Å². The van der Waals surface area contributed by atoms with Crippen molar-refractivity contribution in [3.05, 3.63) is 140 Å². The lowest BCUT2D eigenvalue weighted by molar-refractivity contribution is -0.380. The van der Waals surface area contributed by atoms with Gasteiger partial charge < -0.3 is 17.0 Å². The molecule has 0 amide bonds. The predicted molar refractivity (Wildman–Crippen MR) is 153 cm³/mol. The molecule has 5 rings (SSSR count). The van der Waals surface area contributed by atoms with Crippen LogP contribution in [0, 0.1) is 10.1 Å². The molecule has 180 valence electrons. The van der Waals surface area contributed by atoms with E-state index in [4.69, 9.17) is 0 Å². The van der Waals surface area contributed by atoms with Crippen LogP contribution in [0.3, 0.4) is 0 Å². The fourth-order valence-electron chi connectivity index (χ4n) is 4.27. The molecule has 0 aliphatic heterocycles. The van der Waals surface area contributed by atoms with Gasteiger partial charge in [0.1, 0.15) is 29.3 Å². The van der Waals surface area contributed by atoms with Gasteiger partial charge in [-0.3, -0.25) is 10.1 Å². The summed E-state index contributed by atoms with van der Waals surface area (Å²) >= 11 is 2.98. The van der Waals surface area contributed by atoms with Crippen LogP contribution < -0.4 is 32.9 Å². The smallest absolute Gasteiger partial charge is 0.324 e. The lowest BCUT2D eigenvalue weighted by Crippen LogP contribution is -3.00. The third-order valence-electron chi connectivity index (χ3n) is 5.87. The van der Waals surface area contributed by atoms with Crippen LogP contribution in [0.2, 0.25) is 0 Å². The lowest BCUT2D eigenvalue weighted by Gasteiger charge is -2.27. The summed E-state index contributed by atoms with van der Waals surface area (Å²) < 4.78 is 0. The average molecular weight is 593 g/mol. The van der Waals surface area contributed by atoms with Gasteiger partial charge in [0.25, 0.3) is 0 Å². The number of nitro groups is 1. The highest BCUT2D eigenvalue weighted by molar-refractivity contribution is 7.95. The zero-order chi connectivity index (χ0) is 24.1. The number of thiophene rings is 2. The zero-order valence-electron chi connectivity index (χ0n) is 19.2. The highest BCUT2D eigenvalue weighted by Crippen LogP contribution is 2.58. The number of hydrogen-bond donors (Lipinski definition) is 0. The van der Waals surface area contributed by atoms with Crippen LogP contribution in [0.15, 0.2) is 115 Å². The van der Waals surface area contributed by atoms with E-state index in [0.717, 1.165) is 15.9 Å². The third-order valence-corrected chi connectivity index (χ3v) is 12.5. The minimum Gasteiger partial charge on any atom is -1.00 e. The molecule has 3 aromatic carbocycles. The fourth-order valence-corrected chi connectivity index (χ4v) is 10.6. The number of halogens is 1. The molecule has 36 heavy (non-hydrogen) atoms. The standard InChI is InChI=1S/C29H23NO2PS2.BrH/c31-30(32)29-21-20-27(35-29)17-16-26-18-19-28(34-26)22-33(23-10-4-1-5-11-23,24-12-6-2-7-13-24)25-14-8-3-9-15-25;/h1-21H,22H2;1H/q+1;/p-1/b17-16+;. The first-order chi connectivity index (χ1) is 17.1. The second kappa shape index (κ2) is 11.9. The van der Waals surface area contributed by atoms with Crippen molar-refractivity contribution in [2.24, 2.45) is 0 Å². The molecule has 0 aliphatic rings. The van der Waals surface area contributed by atoms with Crippen molar-refractivity contribution in [2.45, 2.75) is 6.16 Å². The van der Waals surface area contributed by atoms with Crippen molar-refractivity contribution in [3.63, 3.8) is 0 Å². The molecule has 0 spiro atoms. The molecule has 0 bridgehead atoms. The predicted octanol–water partition coefficient (Wildman–Crippen LogP) is 4.39. The summed E-state index contributed by atoms with van der Waals surface area (Å²) in [4.78, 5) is 14.0. The first-order valence-corrected chi connectivity index (χ1v) is 14.8. The molecule has 0 atom stereocenters. The van der Waals surface area contributed by atoms with Crippen LogP contribution in [0.1, 0.15) is 14.6 Å². The number of benzene rings is 3. The van der Waals surface area contributed by atoms with Gasteiger partial charge in [0.15, 0.2) is 0 Å². The Morgan fingerprint density at radius 2 is 1.08 bits per heavy atom. The van der Waals surface area contributed by atoms with Crippen LogP contribution in [-0.2, 0) is 6.16 Å². The fraction of sp³-hybridized carbons (Fsp3) is 0.0345. The van der Waals surface area contributed by atoms with E-state index in [9.17, 15) is 10.1 Å². The van der Waals surface area contributed by atoms with Gasteiger partial charge in [0, 0.05) is 20.7 Å². The molecular formula is C29H23BrNO2PS2. The topological polar surface area (TPSA) is 43.1 Å². The Hall–Kier alpha value is -2.89. The zero-order valence-corrected chi connectivity index (χ0v) is 23.4. The summed E-state index contributed by atoms with van der Waals surface area (Å²) in [7, 11) is -1.93. The average Bonchev–Trinajstić information content (AvgIpc) is 3.57. The van der Waals surface area contributed by atoms with Crippen molar-refractivity contribution < 1.29 is 21.9 Å². The molecule has 0 saturated heterocycles. The highest BCUT2D eigenvalue weighted by atomic mass is 79.9. The maximum absolute atomic E-state index is 11.0. The normalized spacial score (nSPS) is 11.3. The molecule has 0 fully saturated rings. The molecule has 0 radical (unpaired) electrons. The van der Waals surface area contributed by atoms with Crippen molar-refractivity contribution in [3.8, 4) is 0 Å². The minimum absolute atomic E-state index is 0. The summed E-state index contributed by atoms with van der Waals surface area (Å²) in [5, 5.41) is 15.2. The van der Waals surface area contributed by atoms with Gasteiger partial charge in [-0.25, -0.2) is 0 Å². The Kier molecular flexibility index (Phi) is 8.65. The largest absolute Gasteiger partial charge is 1.00 e. The van der Waals surface area contributed by atoms with Gasteiger partial charge in [-0.1, -0.05) is 65.9 Å². The summed E-state index contributed by atoms with van der Waals surface area (Å²) in [6, 6.07) is 40.4. The number of hydrogen-bond acceptors (Lipinski definition) is 4. The van der Waals surface area contributed by atoms with E-state index in [-0.39, 0.29) is 26.9 Å². The third kappa shape index (κ3) is 5.58. The SMILES string of the molecule is O=[N+]([O-])c1ccc(/C=C/c2ccc(C[P+](c3ccccc3)(c3ccccc3)c3ccccc3)s2)s1.[Br-]. The molecule has 0 aliphatic carbocycles. The summed E-state index contributed by atoms with van der Waals surface area (Å²) in [5.74, 6) is 0. The van der Waals surface area contributed by atoms with Crippen LogP contribution in [0.4, 0.5) is 5.00 Å². The van der Waals surface area contributed by atoms with E-state index in [1.807, 2.05) is 6.08 Å². The lowest BCUT2D eigenvalue weighted by atomic mass is 10.3. The first kappa shape index (κ1) is 26.2. The van der Waals surface area contributed by atoms with Crippen LogP contribution in [0.5, 0.6) is 0 Å². The van der Waals surface area contributed by atoms with Crippen molar-refractivity contribution in [1.29, 1.82) is 0 Å². The molecule has 3 nitrogen and oxygen atoms in total. The van der Waals surface area contributed by atoms with Crippen LogP contribution in [-0.4, -0.2) is 4.92 Å². The molecule has 0 saturated carbocycles. The van der Waals surface area contributed by atoms with Gasteiger partial charge >= 0.3 is 5.00 Å². The summed E-state index contributed by atoms with van der Waals surface area (Å²) in [5.41, 5.74) is 0.